The van der Waals surface area contributed by atoms with Crippen molar-refractivity contribution in [2.75, 3.05) is 11.9 Å². The average Bonchev–Trinajstić information content (AvgIpc) is 3.54. The van der Waals surface area contributed by atoms with Crippen molar-refractivity contribution in [2.45, 2.75) is 58.3 Å². The number of fused-ring (bicyclic) bond motifs is 2. The molecule has 1 N–H and O–H groups in total. The van der Waals surface area contributed by atoms with Gasteiger partial charge < -0.3 is 5.32 Å². The SMILES string of the molecule is CC1=Nc2ncc(C3=CCCc4nc(NCC(F)(F)C5CC5)ncc43)cc2C1C(C)C. The Bertz CT molecular complexity index is 1090. The van der Waals surface area contributed by atoms with Gasteiger partial charge in [-0.1, -0.05) is 19.9 Å². The van der Waals surface area contributed by atoms with Gasteiger partial charge in [0.1, 0.15) is 0 Å². The quantitative estimate of drug-likeness (QED) is 0.661. The van der Waals surface area contributed by atoms with E-state index in [2.05, 4.69) is 58.2 Å². The third-order valence-electron chi connectivity index (χ3n) is 6.48. The molecule has 2 aromatic rings. The predicted octanol–water partition coefficient (Wildman–Crippen LogP) is 5.55. The number of aryl methyl sites for hydroxylation is 1. The molecule has 3 aliphatic rings. The van der Waals surface area contributed by atoms with E-state index in [9.17, 15) is 8.78 Å². The molecule has 0 radical (unpaired) electrons. The Morgan fingerprint density at radius 1 is 1.19 bits per heavy atom. The molecule has 162 valence electrons. The fourth-order valence-corrected chi connectivity index (χ4v) is 4.75. The summed E-state index contributed by atoms with van der Waals surface area (Å²) in [6.07, 6.45) is 8.62. The molecular weight excluding hydrogens is 396 g/mol. The van der Waals surface area contributed by atoms with E-state index in [0.717, 1.165) is 46.8 Å². The fourth-order valence-electron chi connectivity index (χ4n) is 4.75. The molecule has 0 bridgehead atoms. The zero-order chi connectivity index (χ0) is 21.8. The average molecular weight is 424 g/mol. The summed E-state index contributed by atoms with van der Waals surface area (Å²) in [4.78, 5) is 18.2. The lowest BCUT2D eigenvalue weighted by Crippen LogP contribution is -2.30. The van der Waals surface area contributed by atoms with Crippen molar-refractivity contribution in [1.82, 2.24) is 15.0 Å². The van der Waals surface area contributed by atoms with E-state index in [0.29, 0.717) is 18.8 Å². The topological polar surface area (TPSA) is 63.1 Å². The lowest BCUT2D eigenvalue weighted by atomic mass is 9.85. The van der Waals surface area contributed by atoms with Crippen molar-refractivity contribution in [2.24, 2.45) is 16.8 Å². The summed E-state index contributed by atoms with van der Waals surface area (Å²) >= 11 is 0. The molecule has 1 atom stereocenters. The predicted molar refractivity (Wildman–Crippen MR) is 118 cm³/mol. The van der Waals surface area contributed by atoms with Crippen LogP contribution in [-0.4, -0.2) is 33.1 Å². The van der Waals surface area contributed by atoms with Gasteiger partial charge in [0.05, 0.1) is 12.2 Å². The lowest BCUT2D eigenvalue weighted by molar-refractivity contribution is -0.00832. The van der Waals surface area contributed by atoms with Crippen LogP contribution in [0.2, 0.25) is 0 Å². The third-order valence-corrected chi connectivity index (χ3v) is 6.48. The Morgan fingerprint density at radius 3 is 2.74 bits per heavy atom. The summed E-state index contributed by atoms with van der Waals surface area (Å²) in [7, 11) is 0. The normalized spacial score (nSPS) is 20.3. The van der Waals surface area contributed by atoms with Crippen molar-refractivity contribution in [1.29, 1.82) is 0 Å². The Morgan fingerprint density at radius 2 is 2.00 bits per heavy atom. The van der Waals surface area contributed by atoms with Crippen LogP contribution in [0.4, 0.5) is 20.5 Å². The van der Waals surface area contributed by atoms with Crippen LogP contribution in [0, 0.1) is 11.8 Å². The number of rotatable bonds is 6. The summed E-state index contributed by atoms with van der Waals surface area (Å²) in [6, 6.07) is 2.19. The van der Waals surface area contributed by atoms with Crippen LogP contribution in [0.15, 0.2) is 29.5 Å². The Kier molecular flexibility index (Phi) is 4.87. The van der Waals surface area contributed by atoms with Gasteiger partial charge in [-0.3, -0.25) is 0 Å². The van der Waals surface area contributed by atoms with Gasteiger partial charge in [0, 0.05) is 46.6 Å². The number of aromatic nitrogens is 3. The van der Waals surface area contributed by atoms with Gasteiger partial charge in [0.25, 0.3) is 5.92 Å². The molecule has 7 heteroatoms. The van der Waals surface area contributed by atoms with E-state index in [4.69, 9.17) is 0 Å². The van der Waals surface area contributed by atoms with Crippen LogP contribution in [0.5, 0.6) is 0 Å². The summed E-state index contributed by atoms with van der Waals surface area (Å²) in [5, 5.41) is 2.75. The van der Waals surface area contributed by atoms with E-state index < -0.39 is 18.4 Å². The van der Waals surface area contributed by atoms with Gasteiger partial charge in [-0.05, 0) is 50.2 Å². The first-order valence-electron chi connectivity index (χ1n) is 11.1. The van der Waals surface area contributed by atoms with Gasteiger partial charge >= 0.3 is 0 Å². The molecule has 0 saturated heterocycles. The number of anilines is 1. The van der Waals surface area contributed by atoms with Gasteiger partial charge in [-0.15, -0.1) is 0 Å². The minimum atomic E-state index is -2.70. The summed E-state index contributed by atoms with van der Waals surface area (Å²) < 4.78 is 28.0. The minimum absolute atomic E-state index is 0.274. The van der Waals surface area contributed by atoms with Gasteiger partial charge in [-0.25, -0.2) is 28.7 Å². The molecule has 2 aliphatic carbocycles. The highest BCUT2D eigenvalue weighted by atomic mass is 19.3. The third kappa shape index (κ3) is 3.75. The highest BCUT2D eigenvalue weighted by Crippen LogP contribution is 2.43. The van der Waals surface area contributed by atoms with E-state index in [1.165, 1.54) is 5.56 Å². The number of pyridine rings is 1. The standard InChI is InChI=1S/C24H27F2N5/c1-13(2)21-14(3)30-22-18(21)9-15(10-27-22)17-5-4-6-20-19(17)11-28-23(31-20)29-12-24(25,26)16-7-8-16/h5,9-11,13,16,21H,4,6-8,12H2,1-3H3,(H,28,29,31). The van der Waals surface area contributed by atoms with Crippen molar-refractivity contribution in [3.8, 4) is 0 Å². The zero-order valence-electron chi connectivity index (χ0n) is 18.1. The molecule has 2 aromatic heterocycles. The Hall–Kier alpha value is -2.70. The molecule has 1 unspecified atom stereocenters. The maximum Gasteiger partial charge on any atom is 0.267 e. The summed E-state index contributed by atoms with van der Waals surface area (Å²) in [5.41, 5.74) is 6.19. The van der Waals surface area contributed by atoms with Crippen LogP contribution in [0.3, 0.4) is 0 Å². The van der Waals surface area contributed by atoms with Crippen molar-refractivity contribution >= 4 is 23.1 Å². The van der Waals surface area contributed by atoms with Gasteiger partial charge in [0.15, 0.2) is 5.82 Å². The molecular formula is C24H27F2N5. The van der Waals surface area contributed by atoms with E-state index in [-0.39, 0.29) is 11.9 Å². The lowest BCUT2D eigenvalue weighted by Gasteiger charge is -2.21. The molecule has 0 amide bonds. The van der Waals surface area contributed by atoms with E-state index in [1.807, 2.05) is 6.20 Å². The highest BCUT2D eigenvalue weighted by Gasteiger charge is 2.46. The minimum Gasteiger partial charge on any atom is -0.348 e. The van der Waals surface area contributed by atoms with Crippen LogP contribution in [0.25, 0.3) is 5.57 Å². The highest BCUT2D eigenvalue weighted by molar-refractivity contribution is 5.96. The maximum absolute atomic E-state index is 14.0. The van der Waals surface area contributed by atoms with Gasteiger partial charge in [-0.2, -0.15) is 0 Å². The fraction of sp³-hybridized carbons (Fsp3) is 0.500. The monoisotopic (exact) mass is 423 g/mol. The van der Waals surface area contributed by atoms with Crippen molar-refractivity contribution in [3.63, 3.8) is 0 Å². The number of allylic oxidation sites excluding steroid dienone is 1. The first-order chi connectivity index (χ1) is 14.8. The van der Waals surface area contributed by atoms with E-state index >= 15 is 0 Å². The van der Waals surface area contributed by atoms with Crippen LogP contribution in [-0.2, 0) is 6.42 Å². The number of aliphatic imine (C=N–C) groups is 1. The Balaban J connectivity index is 1.40. The second-order valence-electron chi connectivity index (χ2n) is 9.21. The molecule has 1 aliphatic heterocycles. The number of hydrogen-bond donors (Lipinski definition) is 1. The second kappa shape index (κ2) is 7.46. The number of nitrogens with one attached hydrogen (secondary N) is 1. The number of alkyl halides is 2. The molecule has 31 heavy (non-hydrogen) atoms. The largest absolute Gasteiger partial charge is 0.348 e. The number of nitrogens with zero attached hydrogens (tertiary/aromatic N) is 4. The van der Waals surface area contributed by atoms with Crippen LogP contribution >= 0.6 is 0 Å². The molecule has 0 aromatic carbocycles. The van der Waals surface area contributed by atoms with Crippen molar-refractivity contribution in [3.05, 3.63) is 46.9 Å². The van der Waals surface area contributed by atoms with Gasteiger partial charge in [0.2, 0.25) is 5.95 Å². The van der Waals surface area contributed by atoms with Crippen LogP contribution in [0.1, 0.15) is 68.3 Å². The first kappa shape index (κ1) is 20.2. The number of halogens is 2. The van der Waals surface area contributed by atoms with Crippen molar-refractivity contribution < 1.29 is 8.78 Å². The van der Waals surface area contributed by atoms with Crippen LogP contribution < -0.4 is 5.32 Å². The second-order valence-corrected chi connectivity index (χ2v) is 9.21. The maximum atomic E-state index is 14.0. The molecule has 1 saturated carbocycles. The Labute approximate surface area is 181 Å². The zero-order valence-corrected chi connectivity index (χ0v) is 18.1. The first-order valence-corrected chi connectivity index (χ1v) is 11.1. The smallest absolute Gasteiger partial charge is 0.267 e. The van der Waals surface area contributed by atoms with E-state index in [1.54, 1.807) is 6.20 Å². The molecule has 1 fully saturated rings. The summed E-state index contributed by atoms with van der Waals surface area (Å²) in [5.74, 6) is -1.39. The molecule has 5 nitrogen and oxygen atoms in total. The molecule has 0 spiro atoms. The summed E-state index contributed by atoms with van der Waals surface area (Å²) in [6.45, 7) is 6.06. The number of hydrogen-bond acceptors (Lipinski definition) is 5. The molecule has 3 heterocycles. The molecule has 5 rings (SSSR count).